The number of hydrogen-bond donors (Lipinski definition) is 1. The molecule has 0 spiro atoms. The van der Waals surface area contributed by atoms with Gasteiger partial charge in [0.25, 0.3) is 0 Å². The first-order chi connectivity index (χ1) is 7.61. The van der Waals surface area contributed by atoms with Crippen LogP contribution in [-0.4, -0.2) is 37.6 Å². The zero-order valence-corrected chi connectivity index (χ0v) is 12.1. The summed E-state index contributed by atoms with van der Waals surface area (Å²) in [5, 5.41) is 3.59. The molecule has 0 saturated heterocycles. The van der Waals surface area contributed by atoms with E-state index in [2.05, 4.69) is 45.0 Å². The second-order valence-corrected chi connectivity index (χ2v) is 5.33. The van der Waals surface area contributed by atoms with Crippen molar-refractivity contribution in [1.29, 1.82) is 0 Å². The van der Waals surface area contributed by atoms with Gasteiger partial charge in [-0.25, -0.2) is 0 Å². The van der Waals surface area contributed by atoms with Gasteiger partial charge in [-0.2, -0.15) is 0 Å². The van der Waals surface area contributed by atoms with Gasteiger partial charge in [0.15, 0.2) is 0 Å². The summed E-state index contributed by atoms with van der Waals surface area (Å²) in [5.41, 5.74) is 0. The molecule has 0 rings (SSSR count). The molecule has 0 aromatic heterocycles. The lowest BCUT2D eigenvalue weighted by Gasteiger charge is -2.28. The van der Waals surface area contributed by atoms with Crippen LogP contribution >= 0.6 is 0 Å². The third kappa shape index (κ3) is 8.12. The van der Waals surface area contributed by atoms with Crippen LogP contribution in [0.2, 0.25) is 0 Å². The van der Waals surface area contributed by atoms with Crippen LogP contribution in [0, 0.1) is 5.92 Å². The van der Waals surface area contributed by atoms with Gasteiger partial charge < -0.3 is 10.2 Å². The number of nitrogens with one attached hydrogen (secondary N) is 1. The molecule has 0 bridgehead atoms. The van der Waals surface area contributed by atoms with Gasteiger partial charge in [-0.1, -0.05) is 40.5 Å². The lowest BCUT2D eigenvalue weighted by atomic mass is 10.1. The summed E-state index contributed by atoms with van der Waals surface area (Å²) in [6.07, 6.45) is 5.21. The fraction of sp³-hybridized carbons (Fsp3) is 1.00. The third-order valence-corrected chi connectivity index (χ3v) is 3.04. The molecule has 0 fully saturated rings. The van der Waals surface area contributed by atoms with Crippen LogP contribution in [-0.2, 0) is 0 Å². The van der Waals surface area contributed by atoms with Crippen molar-refractivity contribution in [3.63, 3.8) is 0 Å². The first-order valence-electron chi connectivity index (χ1n) is 7.02. The minimum absolute atomic E-state index is 0.718. The molecule has 16 heavy (non-hydrogen) atoms. The fourth-order valence-electron chi connectivity index (χ4n) is 1.94. The quantitative estimate of drug-likeness (QED) is 0.618. The topological polar surface area (TPSA) is 15.3 Å². The van der Waals surface area contributed by atoms with E-state index in [0.717, 1.165) is 25.0 Å². The highest BCUT2D eigenvalue weighted by atomic mass is 15.1. The molecule has 2 nitrogen and oxygen atoms in total. The molecule has 98 valence electrons. The molecule has 0 amide bonds. The summed E-state index contributed by atoms with van der Waals surface area (Å²) in [4.78, 5) is 2.53. The average molecular weight is 228 g/mol. The molecule has 0 aromatic rings. The van der Waals surface area contributed by atoms with E-state index in [-0.39, 0.29) is 0 Å². The van der Waals surface area contributed by atoms with E-state index in [1.807, 2.05) is 0 Å². The molecule has 0 aliphatic carbocycles. The highest BCUT2D eigenvalue weighted by Crippen LogP contribution is 2.06. The van der Waals surface area contributed by atoms with Gasteiger partial charge in [-0.3, -0.25) is 0 Å². The summed E-state index contributed by atoms with van der Waals surface area (Å²) >= 11 is 0. The SMILES string of the molecule is CCCCN(C)C(CCC)CNCC(C)C. The van der Waals surface area contributed by atoms with E-state index in [4.69, 9.17) is 0 Å². The standard InChI is InChI=1S/C14H32N2/c1-6-8-10-16(5)14(9-7-2)12-15-11-13(3)4/h13-15H,6-12H2,1-5H3. The maximum absolute atomic E-state index is 3.59. The van der Waals surface area contributed by atoms with E-state index in [9.17, 15) is 0 Å². The molecule has 0 aromatic carbocycles. The second kappa shape index (κ2) is 10.1. The second-order valence-electron chi connectivity index (χ2n) is 5.33. The van der Waals surface area contributed by atoms with Gasteiger partial charge in [0, 0.05) is 12.6 Å². The number of unbranched alkanes of at least 4 members (excludes halogenated alkanes) is 1. The molecule has 0 saturated carbocycles. The van der Waals surface area contributed by atoms with Gasteiger partial charge in [-0.15, -0.1) is 0 Å². The Hall–Kier alpha value is -0.0800. The molecule has 1 atom stereocenters. The molecule has 0 radical (unpaired) electrons. The van der Waals surface area contributed by atoms with Gasteiger partial charge in [0.2, 0.25) is 0 Å². The molecule has 0 heterocycles. The zero-order chi connectivity index (χ0) is 12.4. The molecular weight excluding hydrogens is 196 g/mol. The maximum Gasteiger partial charge on any atom is 0.0217 e. The summed E-state index contributed by atoms with van der Waals surface area (Å²) in [5.74, 6) is 0.753. The van der Waals surface area contributed by atoms with E-state index in [1.54, 1.807) is 0 Å². The van der Waals surface area contributed by atoms with Crippen molar-refractivity contribution >= 4 is 0 Å². The van der Waals surface area contributed by atoms with Gasteiger partial charge in [0.1, 0.15) is 0 Å². The average Bonchev–Trinajstić information content (AvgIpc) is 2.24. The molecule has 2 heteroatoms. The van der Waals surface area contributed by atoms with Crippen molar-refractivity contribution in [2.75, 3.05) is 26.7 Å². The van der Waals surface area contributed by atoms with Crippen molar-refractivity contribution in [3.05, 3.63) is 0 Å². The van der Waals surface area contributed by atoms with Crippen LogP contribution in [0.4, 0.5) is 0 Å². The Morgan fingerprint density at radius 3 is 2.25 bits per heavy atom. The van der Waals surface area contributed by atoms with Crippen molar-refractivity contribution < 1.29 is 0 Å². The number of likely N-dealkylation sites (N-methyl/N-ethyl adjacent to an activating group) is 1. The van der Waals surface area contributed by atoms with Crippen molar-refractivity contribution in [2.45, 2.75) is 59.4 Å². The number of nitrogens with zero attached hydrogens (tertiary/aromatic N) is 1. The highest BCUT2D eigenvalue weighted by molar-refractivity contribution is 4.71. The summed E-state index contributed by atoms with van der Waals surface area (Å²) in [6.45, 7) is 12.6. The van der Waals surface area contributed by atoms with Crippen molar-refractivity contribution in [2.24, 2.45) is 5.92 Å². The van der Waals surface area contributed by atoms with Crippen LogP contribution in [0.1, 0.15) is 53.4 Å². The van der Waals surface area contributed by atoms with Crippen LogP contribution in [0.5, 0.6) is 0 Å². The molecule has 0 aliphatic heterocycles. The summed E-state index contributed by atoms with van der Waals surface area (Å²) in [6, 6.07) is 0.718. The van der Waals surface area contributed by atoms with E-state index >= 15 is 0 Å². The number of hydrogen-bond acceptors (Lipinski definition) is 2. The Morgan fingerprint density at radius 2 is 1.75 bits per heavy atom. The van der Waals surface area contributed by atoms with E-state index < -0.39 is 0 Å². The van der Waals surface area contributed by atoms with Crippen LogP contribution in [0.3, 0.4) is 0 Å². The Bertz CT molecular complexity index is 146. The van der Waals surface area contributed by atoms with Gasteiger partial charge in [0.05, 0.1) is 0 Å². The molecule has 1 N–H and O–H groups in total. The van der Waals surface area contributed by atoms with Crippen LogP contribution < -0.4 is 5.32 Å². The Morgan fingerprint density at radius 1 is 1.06 bits per heavy atom. The molecule has 0 aliphatic rings. The largest absolute Gasteiger partial charge is 0.315 e. The summed E-state index contributed by atoms with van der Waals surface area (Å²) < 4.78 is 0. The molecule has 1 unspecified atom stereocenters. The predicted molar refractivity (Wildman–Crippen MR) is 73.9 cm³/mol. The Balaban J connectivity index is 3.84. The maximum atomic E-state index is 3.59. The van der Waals surface area contributed by atoms with Gasteiger partial charge in [-0.05, 0) is 38.9 Å². The third-order valence-electron chi connectivity index (χ3n) is 3.04. The number of rotatable bonds is 10. The Labute approximate surface area is 103 Å². The lowest BCUT2D eigenvalue weighted by molar-refractivity contribution is 0.218. The molecular formula is C14H32N2. The first-order valence-corrected chi connectivity index (χ1v) is 7.02. The highest BCUT2D eigenvalue weighted by Gasteiger charge is 2.12. The minimum atomic E-state index is 0.718. The smallest absolute Gasteiger partial charge is 0.0217 e. The van der Waals surface area contributed by atoms with Crippen molar-refractivity contribution in [3.8, 4) is 0 Å². The van der Waals surface area contributed by atoms with Crippen LogP contribution in [0.15, 0.2) is 0 Å². The zero-order valence-electron chi connectivity index (χ0n) is 12.1. The normalized spacial score (nSPS) is 13.7. The van der Waals surface area contributed by atoms with E-state index in [0.29, 0.717) is 0 Å². The van der Waals surface area contributed by atoms with Crippen LogP contribution in [0.25, 0.3) is 0 Å². The van der Waals surface area contributed by atoms with Crippen molar-refractivity contribution in [1.82, 2.24) is 10.2 Å². The lowest BCUT2D eigenvalue weighted by Crippen LogP contribution is -2.41. The monoisotopic (exact) mass is 228 g/mol. The fourth-order valence-corrected chi connectivity index (χ4v) is 1.94. The van der Waals surface area contributed by atoms with Gasteiger partial charge >= 0.3 is 0 Å². The predicted octanol–water partition coefficient (Wildman–Crippen LogP) is 3.13. The Kier molecular flexibility index (Phi) is 10.0. The summed E-state index contributed by atoms with van der Waals surface area (Å²) in [7, 11) is 2.27. The van der Waals surface area contributed by atoms with E-state index in [1.165, 1.54) is 32.2 Å². The first kappa shape index (κ1) is 15.9. The minimum Gasteiger partial charge on any atom is -0.315 e.